The number of hydrogen-bond acceptors (Lipinski definition) is 1. The zero-order chi connectivity index (χ0) is 10.5. The van der Waals surface area contributed by atoms with E-state index in [-0.39, 0.29) is 0 Å². The number of hydrogen-bond donors (Lipinski definition) is 0. The zero-order valence-corrected chi connectivity index (χ0v) is 10.2. The predicted molar refractivity (Wildman–Crippen MR) is 66.7 cm³/mol. The van der Waals surface area contributed by atoms with E-state index in [4.69, 9.17) is 4.74 Å². The van der Waals surface area contributed by atoms with Crippen molar-refractivity contribution in [3.05, 3.63) is 40.4 Å². The SMILES string of the molecule is Brc1cccc(/C=C/C2CCOCC2)c1. The van der Waals surface area contributed by atoms with Crippen molar-refractivity contribution in [1.82, 2.24) is 0 Å². The largest absolute Gasteiger partial charge is 0.381 e. The number of halogens is 1. The highest BCUT2D eigenvalue weighted by Gasteiger charge is 2.09. The van der Waals surface area contributed by atoms with Gasteiger partial charge in [0.1, 0.15) is 0 Å². The van der Waals surface area contributed by atoms with Crippen molar-refractivity contribution in [2.75, 3.05) is 13.2 Å². The normalized spacial score (nSPS) is 18.5. The molecule has 0 bridgehead atoms. The molecule has 2 rings (SSSR count). The van der Waals surface area contributed by atoms with Gasteiger partial charge in [-0.3, -0.25) is 0 Å². The lowest BCUT2D eigenvalue weighted by Crippen LogP contribution is -2.13. The molecule has 15 heavy (non-hydrogen) atoms. The monoisotopic (exact) mass is 266 g/mol. The lowest BCUT2D eigenvalue weighted by atomic mass is 9.99. The minimum Gasteiger partial charge on any atom is -0.381 e. The van der Waals surface area contributed by atoms with E-state index in [1.54, 1.807) is 0 Å². The maximum absolute atomic E-state index is 5.33. The van der Waals surface area contributed by atoms with Crippen LogP contribution in [0.4, 0.5) is 0 Å². The van der Waals surface area contributed by atoms with Crippen molar-refractivity contribution in [2.45, 2.75) is 12.8 Å². The molecule has 1 saturated heterocycles. The van der Waals surface area contributed by atoms with Crippen LogP contribution in [0.5, 0.6) is 0 Å². The van der Waals surface area contributed by atoms with Crippen LogP contribution in [0, 0.1) is 5.92 Å². The van der Waals surface area contributed by atoms with Gasteiger partial charge < -0.3 is 4.74 Å². The summed E-state index contributed by atoms with van der Waals surface area (Å²) in [6.45, 7) is 1.82. The minimum atomic E-state index is 0.692. The van der Waals surface area contributed by atoms with Crippen LogP contribution in [0.3, 0.4) is 0 Å². The Morgan fingerprint density at radius 2 is 2.07 bits per heavy atom. The van der Waals surface area contributed by atoms with Crippen molar-refractivity contribution in [1.29, 1.82) is 0 Å². The van der Waals surface area contributed by atoms with E-state index in [0.29, 0.717) is 5.92 Å². The lowest BCUT2D eigenvalue weighted by molar-refractivity contribution is 0.0787. The summed E-state index contributed by atoms with van der Waals surface area (Å²) in [6, 6.07) is 8.37. The van der Waals surface area contributed by atoms with E-state index in [2.05, 4.69) is 46.3 Å². The van der Waals surface area contributed by atoms with Gasteiger partial charge in [-0.15, -0.1) is 0 Å². The summed E-state index contributed by atoms with van der Waals surface area (Å²) in [5, 5.41) is 0. The Morgan fingerprint density at radius 1 is 1.27 bits per heavy atom. The summed E-state index contributed by atoms with van der Waals surface area (Å²) in [4.78, 5) is 0. The van der Waals surface area contributed by atoms with Crippen molar-refractivity contribution in [3.8, 4) is 0 Å². The zero-order valence-electron chi connectivity index (χ0n) is 8.66. The first-order chi connectivity index (χ1) is 7.34. The fraction of sp³-hybridized carbons (Fsp3) is 0.385. The third-order valence-electron chi connectivity index (χ3n) is 2.68. The van der Waals surface area contributed by atoms with Gasteiger partial charge >= 0.3 is 0 Å². The highest BCUT2D eigenvalue weighted by molar-refractivity contribution is 9.10. The van der Waals surface area contributed by atoms with Crippen molar-refractivity contribution in [2.24, 2.45) is 5.92 Å². The molecule has 1 heterocycles. The van der Waals surface area contributed by atoms with Crippen molar-refractivity contribution >= 4 is 22.0 Å². The van der Waals surface area contributed by atoms with Crippen LogP contribution in [-0.4, -0.2) is 13.2 Å². The standard InChI is InChI=1S/C13H15BrO/c14-13-3-1-2-12(10-13)5-4-11-6-8-15-9-7-11/h1-5,10-11H,6-9H2/b5-4+. The Balaban J connectivity index is 1.97. The van der Waals surface area contributed by atoms with Gasteiger partial charge in [-0.05, 0) is 36.5 Å². The molecule has 1 aromatic rings. The van der Waals surface area contributed by atoms with Gasteiger partial charge in [-0.25, -0.2) is 0 Å². The van der Waals surface area contributed by atoms with Gasteiger partial charge in [0.15, 0.2) is 0 Å². The molecule has 1 nitrogen and oxygen atoms in total. The molecule has 0 N–H and O–H groups in total. The second kappa shape index (κ2) is 5.47. The minimum absolute atomic E-state index is 0.692. The van der Waals surface area contributed by atoms with Crippen LogP contribution in [-0.2, 0) is 4.74 Å². The predicted octanol–water partition coefficient (Wildman–Crippen LogP) is 3.89. The Bertz CT molecular complexity index is 340. The topological polar surface area (TPSA) is 9.23 Å². The van der Waals surface area contributed by atoms with Gasteiger partial charge in [0.2, 0.25) is 0 Å². The van der Waals surface area contributed by atoms with Crippen LogP contribution in [0.25, 0.3) is 6.08 Å². The van der Waals surface area contributed by atoms with Crippen LogP contribution in [0.2, 0.25) is 0 Å². The number of benzene rings is 1. The maximum atomic E-state index is 5.33. The highest BCUT2D eigenvalue weighted by atomic mass is 79.9. The Kier molecular flexibility index (Phi) is 3.98. The Labute approximate surface area is 99.3 Å². The summed E-state index contributed by atoms with van der Waals surface area (Å²) in [7, 11) is 0. The Morgan fingerprint density at radius 3 is 2.80 bits per heavy atom. The van der Waals surface area contributed by atoms with Gasteiger partial charge in [-0.2, -0.15) is 0 Å². The molecule has 0 saturated carbocycles. The van der Waals surface area contributed by atoms with Gasteiger partial charge in [0.05, 0.1) is 0 Å². The fourth-order valence-corrected chi connectivity index (χ4v) is 2.18. The quantitative estimate of drug-likeness (QED) is 0.789. The summed E-state index contributed by atoms with van der Waals surface area (Å²) < 4.78 is 6.47. The van der Waals surface area contributed by atoms with E-state index in [9.17, 15) is 0 Å². The molecule has 0 atom stereocenters. The molecular weight excluding hydrogens is 252 g/mol. The molecule has 0 aromatic heterocycles. The summed E-state index contributed by atoms with van der Waals surface area (Å²) in [5.41, 5.74) is 1.26. The van der Waals surface area contributed by atoms with E-state index in [0.717, 1.165) is 30.5 Å². The molecule has 80 valence electrons. The second-order valence-corrected chi connectivity index (χ2v) is 4.78. The molecule has 2 heteroatoms. The Hall–Kier alpha value is -0.600. The summed E-state index contributed by atoms with van der Waals surface area (Å²) >= 11 is 3.47. The maximum Gasteiger partial charge on any atom is 0.0471 e. The molecule has 0 amide bonds. The summed E-state index contributed by atoms with van der Waals surface area (Å²) in [6.07, 6.45) is 6.83. The molecule has 1 aliphatic rings. The lowest BCUT2D eigenvalue weighted by Gasteiger charge is -2.18. The molecule has 0 unspecified atom stereocenters. The molecule has 0 spiro atoms. The molecule has 0 aliphatic carbocycles. The molecule has 1 aliphatic heterocycles. The average molecular weight is 267 g/mol. The smallest absolute Gasteiger partial charge is 0.0471 e. The number of rotatable bonds is 2. The van der Waals surface area contributed by atoms with Crippen molar-refractivity contribution in [3.63, 3.8) is 0 Å². The van der Waals surface area contributed by atoms with Crippen LogP contribution in [0.1, 0.15) is 18.4 Å². The van der Waals surface area contributed by atoms with Gasteiger partial charge in [-0.1, -0.05) is 40.2 Å². The molecule has 1 fully saturated rings. The van der Waals surface area contributed by atoms with E-state index in [1.165, 1.54) is 5.56 Å². The van der Waals surface area contributed by atoms with Crippen molar-refractivity contribution < 1.29 is 4.74 Å². The number of ether oxygens (including phenoxy) is 1. The molecule has 0 radical (unpaired) electrons. The van der Waals surface area contributed by atoms with E-state index in [1.807, 2.05) is 6.07 Å². The first-order valence-corrected chi connectivity index (χ1v) is 6.15. The first kappa shape index (κ1) is 10.9. The second-order valence-electron chi connectivity index (χ2n) is 3.86. The first-order valence-electron chi connectivity index (χ1n) is 5.36. The number of allylic oxidation sites excluding steroid dienone is 1. The third-order valence-corrected chi connectivity index (χ3v) is 3.17. The van der Waals surface area contributed by atoms with Crippen LogP contribution >= 0.6 is 15.9 Å². The molecular formula is C13H15BrO. The summed E-state index contributed by atoms with van der Waals surface area (Å²) in [5.74, 6) is 0.692. The van der Waals surface area contributed by atoms with Crippen LogP contribution < -0.4 is 0 Å². The van der Waals surface area contributed by atoms with E-state index >= 15 is 0 Å². The van der Waals surface area contributed by atoms with E-state index < -0.39 is 0 Å². The average Bonchev–Trinajstić information content (AvgIpc) is 2.28. The highest BCUT2D eigenvalue weighted by Crippen LogP contribution is 2.18. The van der Waals surface area contributed by atoms with Crippen LogP contribution in [0.15, 0.2) is 34.8 Å². The van der Waals surface area contributed by atoms with Gasteiger partial charge in [0.25, 0.3) is 0 Å². The molecule has 1 aromatic carbocycles. The third kappa shape index (κ3) is 3.47. The van der Waals surface area contributed by atoms with Gasteiger partial charge in [0, 0.05) is 17.7 Å². The fourth-order valence-electron chi connectivity index (χ4n) is 1.77.